The number of likely N-dealkylation sites (tertiary alicyclic amines) is 1. The molecule has 5 heteroatoms. The van der Waals surface area contributed by atoms with Crippen LogP contribution in [0, 0.1) is 5.82 Å². The zero-order chi connectivity index (χ0) is 13.3. The first-order valence-corrected chi connectivity index (χ1v) is 6.79. The molecule has 1 fully saturated rings. The summed E-state index contributed by atoms with van der Waals surface area (Å²) in [5, 5.41) is 0. The summed E-state index contributed by atoms with van der Waals surface area (Å²) in [7, 11) is 0. The van der Waals surface area contributed by atoms with E-state index in [0.717, 1.165) is 12.8 Å². The van der Waals surface area contributed by atoms with Gasteiger partial charge in [-0.1, -0.05) is 15.9 Å². The second-order valence-corrected chi connectivity index (χ2v) is 5.71. The number of carbonyl (C=O) groups excluding carboxylic acids is 1. The maximum absolute atomic E-state index is 13.3. The van der Waals surface area contributed by atoms with Gasteiger partial charge in [-0.25, -0.2) is 4.39 Å². The Hall–Kier alpha value is -0.940. The summed E-state index contributed by atoms with van der Waals surface area (Å²) < 4.78 is 13.9. The molecule has 1 heterocycles. The van der Waals surface area contributed by atoms with Crippen molar-refractivity contribution in [3.8, 4) is 0 Å². The number of carbonyl (C=O) groups is 1. The SMILES string of the molecule is C[C@H]1C[C@H](N)CCN1C(=O)c1cc(F)cc(Br)c1. The fourth-order valence-corrected chi connectivity index (χ4v) is 2.82. The van der Waals surface area contributed by atoms with Crippen molar-refractivity contribution in [2.24, 2.45) is 5.73 Å². The van der Waals surface area contributed by atoms with Crippen molar-refractivity contribution >= 4 is 21.8 Å². The molecule has 0 aliphatic carbocycles. The zero-order valence-electron chi connectivity index (χ0n) is 10.2. The first-order valence-electron chi connectivity index (χ1n) is 6.00. The molecule has 0 radical (unpaired) electrons. The molecule has 3 nitrogen and oxygen atoms in total. The topological polar surface area (TPSA) is 46.3 Å². The quantitative estimate of drug-likeness (QED) is 0.866. The van der Waals surface area contributed by atoms with Crippen LogP contribution < -0.4 is 5.73 Å². The molecule has 0 bridgehead atoms. The van der Waals surface area contributed by atoms with Gasteiger partial charge in [0.1, 0.15) is 5.82 Å². The molecular weight excluding hydrogens is 299 g/mol. The fourth-order valence-electron chi connectivity index (χ4n) is 2.35. The van der Waals surface area contributed by atoms with Gasteiger partial charge >= 0.3 is 0 Å². The van der Waals surface area contributed by atoms with E-state index < -0.39 is 5.82 Å². The normalized spacial score (nSPS) is 24.1. The highest BCUT2D eigenvalue weighted by Gasteiger charge is 2.27. The van der Waals surface area contributed by atoms with Crippen LogP contribution in [0.25, 0.3) is 0 Å². The lowest BCUT2D eigenvalue weighted by Crippen LogP contribution is -2.48. The summed E-state index contributed by atoms with van der Waals surface area (Å²) in [5.74, 6) is -0.538. The molecule has 0 unspecified atom stereocenters. The van der Waals surface area contributed by atoms with Crippen LogP contribution in [0.3, 0.4) is 0 Å². The minimum Gasteiger partial charge on any atom is -0.336 e. The molecule has 2 atom stereocenters. The first kappa shape index (κ1) is 13.5. The van der Waals surface area contributed by atoms with E-state index in [1.54, 1.807) is 11.0 Å². The highest BCUT2D eigenvalue weighted by atomic mass is 79.9. The van der Waals surface area contributed by atoms with E-state index in [1.165, 1.54) is 12.1 Å². The Bertz CT molecular complexity index is 446. The molecule has 98 valence electrons. The molecule has 0 spiro atoms. The molecular formula is C13H16BrFN2O. The molecule has 1 saturated heterocycles. The maximum Gasteiger partial charge on any atom is 0.254 e. The number of hydrogen-bond acceptors (Lipinski definition) is 2. The van der Waals surface area contributed by atoms with E-state index >= 15 is 0 Å². The molecule has 2 rings (SSSR count). The van der Waals surface area contributed by atoms with Crippen molar-refractivity contribution < 1.29 is 9.18 Å². The van der Waals surface area contributed by atoms with Crippen molar-refractivity contribution in [2.45, 2.75) is 31.8 Å². The van der Waals surface area contributed by atoms with Crippen molar-refractivity contribution in [3.63, 3.8) is 0 Å². The molecule has 1 aliphatic rings. The third kappa shape index (κ3) is 2.90. The van der Waals surface area contributed by atoms with Gasteiger partial charge in [0.25, 0.3) is 5.91 Å². The van der Waals surface area contributed by atoms with Gasteiger partial charge in [-0.3, -0.25) is 4.79 Å². The summed E-state index contributed by atoms with van der Waals surface area (Å²) in [6, 6.07) is 4.51. The summed E-state index contributed by atoms with van der Waals surface area (Å²) >= 11 is 3.20. The molecule has 1 aliphatic heterocycles. The van der Waals surface area contributed by atoms with Gasteiger partial charge in [0.2, 0.25) is 0 Å². The van der Waals surface area contributed by atoms with Gasteiger partial charge in [-0.2, -0.15) is 0 Å². The largest absolute Gasteiger partial charge is 0.336 e. The number of halogens is 2. The lowest BCUT2D eigenvalue weighted by atomic mass is 9.98. The number of benzene rings is 1. The Morgan fingerprint density at radius 3 is 2.83 bits per heavy atom. The Morgan fingerprint density at radius 1 is 1.50 bits per heavy atom. The van der Waals surface area contributed by atoms with E-state index in [9.17, 15) is 9.18 Å². The Labute approximate surface area is 114 Å². The van der Waals surface area contributed by atoms with E-state index in [1.807, 2.05) is 6.92 Å². The fraction of sp³-hybridized carbons (Fsp3) is 0.462. The summed E-state index contributed by atoms with van der Waals surface area (Å²) in [6.45, 7) is 2.61. The van der Waals surface area contributed by atoms with Crippen molar-refractivity contribution in [1.82, 2.24) is 4.90 Å². The smallest absolute Gasteiger partial charge is 0.254 e. The number of nitrogens with two attached hydrogens (primary N) is 1. The lowest BCUT2D eigenvalue weighted by molar-refractivity contribution is 0.0618. The van der Waals surface area contributed by atoms with Crippen LogP contribution in [-0.4, -0.2) is 29.4 Å². The summed E-state index contributed by atoms with van der Waals surface area (Å²) in [5.41, 5.74) is 6.25. The number of nitrogens with zero attached hydrogens (tertiary/aromatic N) is 1. The third-order valence-electron chi connectivity index (χ3n) is 3.29. The molecule has 1 aromatic carbocycles. The van der Waals surface area contributed by atoms with Crippen LogP contribution in [0.5, 0.6) is 0 Å². The van der Waals surface area contributed by atoms with Crippen LogP contribution in [-0.2, 0) is 0 Å². The van der Waals surface area contributed by atoms with Crippen LogP contribution >= 0.6 is 15.9 Å². The minimum atomic E-state index is -0.408. The van der Waals surface area contributed by atoms with Gasteiger partial charge in [0, 0.05) is 28.7 Å². The van der Waals surface area contributed by atoms with Crippen LogP contribution in [0.2, 0.25) is 0 Å². The maximum atomic E-state index is 13.3. The van der Waals surface area contributed by atoms with E-state index in [-0.39, 0.29) is 18.0 Å². The van der Waals surface area contributed by atoms with Crippen LogP contribution in [0.4, 0.5) is 4.39 Å². The van der Waals surface area contributed by atoms with Gasteiger partial charge in [-0.05, 0) is 38.0 Å². The third-order valence-corrected chi connectivity index (χ3v) is 3.74. The lowest BCUT2D eigenvalue weighted by Gasteiger charge is -2.36. The van der Waals surface area contributed by atoms with Crippen molar-refractivity contribution in [3.05, 3.63) is 34.1 Å². The van der Waals surface area contributed by atoms with Gasteiger partial charge in [0.15, 0.2) is 0 Å². The van der Waals surface area contributed by atoms with Crippen LogP contribution in [0.15, 0.2) is 22.7 Å². The number of amides is 1. The summed E-state index contributed by atoms with van der Waals surface area (Å²) in [4.78, 5) is 14.1. The Balaban J connectivity index is 2.20. The number of rotatable bonds is 1. The predicted octanol–water partition coefficient (Wildman–Crippen LogP) is 2.54. The minimum absolute atomic E-state index is 0.100. The predicted molar refractivity (Wildman–Crippen MR) is 71.8 cm³/mol. The monoisotopic (exact) mass is 314 g/mol. The second kappa shape index (κ2) is 5.36. The Morgan fingerprint density at radius 2 is 2.22 bits per heavy atom. The number of hydrogen-bond donors (Lipinski definition) is 1. The second-order valence-electron chi connectivity index (χ2n) is 4.79. The average molecular weight is 315 g/mol. The van der Waals surface area contributed by atoms with Gasteiger partial charge in [0.05, 0.1) is 0 Å². The molecule has 1 aromatic rings. The molecule has 18 heavy (non-hydrogen) atoms. The molecule has 1 amide bonds. The van der Waals surface area contributed by atoms with Crippen molar-refractivity contribution in [1.29, 1.82) is 0 Å². The average Bonchev–Trinajstić information content (AvgIpc) is 2.26. The van der Waals surface area contributed by atoms with Gasteiger partial charge in [-0.15, -0.1) is 0 Å². The molecule has 0 aromatic heterocycles. The summed E-state index contributed by atoms with van der Waals surface area (Å²) in [6.07, 6.45) is 1.59. The molecule has 0 saturated carbocycles. The van der Waals surface area contributed by atoms with Crippen LogP contribution in [0.1, 0.15) is 30.1 Å². The van der Waals surface area contributed by atoms with E-state index in [2.05, 4.69) is 15.9 Å². The zero-order valence-corrected chi connectivity index (χ0v) is 11.8. The standard InChI is InChI=1S/C13H16BrFN2O/c1-8-4-12(16)2-3-17(8)13(18)9-5-10(14)7-11(15)6-9/h5-8,12H,2-4,16H2,1H3/t8-,12+/m0/s1. The van der Waals surface area contributed by atoms with E-state index in [4.69, 9.17) is 5.73 Å². The van der Waals surface area contributed by atoms with Gasteiger partial charge < -0.3 is 10.6 Å². The highest BCUT2D eigenvalue weighted by Crippen LogP contribution is 2.21. The number of piperidine rings is 1. The molecule has 2 N–H and O–H groups in total. The van der Waals surface area contributed by atoms with E-state index in [0.29, 0.717) is 16.6 Å². The Kier molecular flexibility index (Phi) is 4.02. The highest BCUT2D eigenvalue weighted by molar-refractivity contribution is 9.10. The van der Waals surface area contributed by atoms with Crippen molar-refractivity contribution in [2.75, 3.05) is 6.54 Å². The first-order chi connectivity index (χ1) is 8.47.